The van der Waals surface area contributed by atoms with Crippen molar-refractivity contribution in [3.63, 3.8) is 0 Å². The van der Waals surface area contributed by atoms with Gasteiger partial charge in [0.25, 0.3) is 0 Å². The highest BCUT2D eigenvalue weighted by molar-refractivity contribution is 5.29. The topological polar surface area (TPSA) is 72.2 Å². The van der Waals surface area contributed by atoms with Gasteiger partial charge in [0.1, 0.15) is 11.6 Å². The van der Waals surface area contributed by atoms with E-state index in [4.69, 9.17) is 4.74 Å². The van der Waals surface area contributed by atoms with Crippen molar-refractivity contribution in [2.24, 2.45) is 7.05 Å². The molecule has 0 aromatic carbocycles. The van der Waals surface area contributed by atoms with E-state index in [-0.39, 0.29) is 0 Å². The number of ether oxygens (including phenoxy) is 1. The molecule has 0 radical (unpaired) electrons. The summed E-state index contributed by atoms with van der Waals surface area (Å²) in [6, 6.07) is 1.85. The molecule has 0 bridgehead atoms. The Hall–Kier alpha value is -2.06. The molecule has 0 atom stereocenters. The van der Waals surface area contributed by atoms with Crippen LogP contribution in [-0.4, -0.2) is 69.0 Å². The van der Waals surface area contributed by atoms with Gasteiger partial charge in [-0.05, 0) is 18.9 Å². The molecule has 4 heterocycles. The molecule has 0 aliphatic carbocycles. The molecule has 0 saturated carbocycles. The van der Waals surface area contributed by atoms with E-state index < -0.39 is 0 Å². The van der Waals surface area contributed by atoms with Gasteiger partial charge in [-0.2, -0.15) is 0 Å². The Morgan fingerprint density at radius 2 is 1.76 bits per heavy atom. The van der Waals surface area contributed by atoms with Crippen LogP contribution in [0.4, 0.5) is 5.95 Å². The first-order chi connectivity index (χ1) is 12.3. The molecular weight excluding hydrogens is 318 g/mol. The summed E-state index contributed by atoms with van der Waals surface area (Å²) in [5, 5.41) is 8.96. The number of rotatable bonds is 4. The van der Waals surface area contributed by atoms with Crippen molar-refractivity contribution in [2.75, 3.05) is 44.3 Å². The first-order valence-electron chi connectivity index (χ1n) is 9.01. The third-order valence-corrected chi connectivity index (χ3v) is 5.16. The third-order valence-electron chi connectivity index (χ3n) is 5.16. The highest BCUT2D eigenvalue weighted by atomic mass is 16.5. The minimum absolute atomic E-state index is 0.455. The van der Waals surface area contributed by atoms with Gasteiger partial charge in [-0.1, -0.05) is 0 Å². The third kappa shape index (κ3) is 3.64. The molecule has 2 aliphatic rings. The molecule has 4 rings (SSSR count). The molecular formula is C17H25N7O. The van der Waals surface area contributed by atoms with Crippen LogP contribution in [0.5, 0.6) is 0 Å². The largest absolute Gasteiger partial charge is 0.379 e. The summed E-state index contributed by atoms with van der Waals surface area (Å²) in [5.74, 6) is 3.44. The summed E-state index contributed by atoms with van der Waals surface area (Å²) in [6.45, 7) is 6.33. The van der Waals surface area contributed by atoms with E-state index in [2.05, 4.69) is 41.6 Å². The van der Waals surface area contributed by atoms with E-state index in [1.54, 1.807) is 12.4 Å². The first-order valence-corrected chi connectivity index (χ1v) is 9.01. The van der Waals surface area contributed by atoms with Crippen LogP contribution < -0.4 is 4.90 Å². The van der Waals surface area contributed by atoms with Gasteiger partial charge in [-0.25, -0.2) is 9.97 Å². The van der Waals surface area contributed by atoms with Crippen LogP contribution in [0.2, 0.25) is 0 Å². The van der Waals surface area contributed by atoms with Gasteiger partial charge in [-0.15, -0.1) is 10.2 Å². The second-order valence-electron chi connectivity index (χ2n) is 6.73. The van der Waals surface area contributed by atoms with Crippen molar-refractivity contribution < 1.29 is 4.74 Å². The Balaban J connectivity index is 1.38. The van der Waals surface area contributed by atoms with Crippen LogP contribution in [0.15, 0.2) is 18.5 Å². The Morgan fingerprint density at radius 1 is 1.04 bits per heavy atom. The summed E-state index contributed by atoms with van der Waals surface area (Å²) >= 11 is 0. The number of nitrogens with zero attached hydrogens (tertiary/aromatic N) is 7. The summed E-state index contributed by atoms with van der Waals surface area (Å²) in [6.07, 6.45) is 5.72. The van der Waals surface area contributed by atoms with Crippen molar-refractivity contribution in [3.05, 3.63) is 30.1 Å². The average Bonchev–Trinajstić information content (AvgIpc) is 3.04. The summed E-state index contributed by atoms with van der Waals surface area (Å²) in [7, 11) is 2.10. The zero-order chi connectivity index (χ0) is 17.1. The zero-order valence-electron chi connectivity index (χ0n) is 14.7. The fraction of sp³-hybridized carbons (Fsp3) is 0.647. The lowest BCUT2D eigenvalue weighted by atomic mass is 9.96. The second kappa shape index (κ2) is 7.45. The molecule has 0 N–H and O–H groups in total. The average molecular weight is 343 g/mol. The van der Waals surface area contributed by atoms with Gasteiger partial charge in [0.05, 0.1) is 19.8 Å². The predicted octanol–water partition coefficient (Wildman–Crippen LogP) is 0.821. The second-order valence-corrected chi connectivity index (χ2v) is 6.73. The minimum atomic E-state index is 0.455. The van der Waals surface area contributed by atoms with Gasteiger partial charge in [0.2, 0.25) is 5.95 Å². The predicted molar refractivity (Wildman–Crippen MR) is 93.3 cm³/mol. The lowest BCUT2D eigenvalue weighted by molar-refractivity contribution is 0.0326. The van der Waals surface area contributed by atoms with Gasteiger partial charge in [0, 0.05) is 51.5 Å². The molecule has 2 aliphatic heterocycles. The van der Waals surface area contributed by atoms with Crippen LogP contribution in [0.3, 0.4) is 0 Å². The SMILES string of the molecule is Cn1c(CN2CCOCC2)nnc1C1CCN(c2ncccn2)CC1. The summed E-state index contributed by atoms with van der Waals surface area (Å²) in [4.78, 5) is 13.3. The molecule has 2 saturated heterocycles. The summed E-state index contributed by atoms with van der Waals surface area (Å²) in [5.41, 5.74) is 0. The lowest BCUT2D eigenvalue weighted by Crippen LogP contribution is -2.36. The van der Waals surface area contributed by atoms with Crippen molar-refractivity contribution in [2.45, 2.75) is 25.3 Å². The van der Waals surface area contributed by atoms with Crippen molar-refractivity contribution >= 4 is 5.95 Å². The van der Waals surface area contributed by atoms with E-state index in [0.717, 1.165) is 76.4 Å². The van der Waals surface area contributed by atoms with Gasteiger partial charge in [-0.3, -0.25) is 4.90 Å². The number of morpholine rings is 1. The molecule has 0 unspecified atom stereocenters. The normalized spacial score (nSPS) is 20.1. The number of hydrogen-bond donors (Lipinski definition) is 0. The van der Waals surface area contributed by atoms with Gasteiger partial charge >= 0.3 is 0 Å². The standard InChI is InChI=1S/C17H25N7O/c1-22-15(13-23-9-11-25-12-10-23)20-21-16(22)14-3-7-24(8-4-14)17-18-5-2-6-19-17/h2,5-6,14H,3-4,7-13H2,1H3. The lowest BCUT2D eigenvalue weighted by Gasteiger charge is -2.31. The molecule has 2 fully saturated rings. The first kappa shape index (κ1) is 16.4. The Bertz CT molecular complexity index is 676. The Labute approximate surface area is 147 Å². The van der Waals surface area contributed by atoms with E-state index in [9.17, 15) is 0 Å². The number of aromatic nitrogens is 5. The summed E-state index contributed by atoms with van der Waals surface area (Å²) < 4.78 is 7.60. The highest BCUT2D eigenvalue weighted by Gasteiger charge is 2.26. The Kier molecular flexibility index (Phi) is 4.89. The monoisotopic (exact) mass is 343 g/mol. The van der Waals surface area contributed by atoms with E-state index >= 15 is 0 Å². The molecule has 8 heteroatoms. The van der Waals surface area contributed by atoms with E-state index in [1.165, 1.54) is 0 Å². The molecule has 0 amide bonds. The minimum Gasteiger partial charge on any atom is -0.379 e. The van der Waals surface area contributed by atoms with Crippen LogP contribution in [0.1, 0.15) is 30.4 Å². The van der Waals surface area contributed by atoms with Crippen molar-refractivity contribution in [1.82, 2.24) is 29.6 Å². The molecule has 25 heavy (non-hydrogen) atoms. The molecule has 2 aromatic heterocycles. The fourth-order valence-corrected chi connectivity index (χ4v) is 3.62. The molecule has 0 spiro atoms. The molecule has 8 nitrogen and oxygen atoms in total. The number of anilines is 1. The van der Waals surface area contributed by atoms with Crippen molar-refractivity contribution in [1.29, 1.82) is 0 Å². The zero-order valence-corrected chi connectivity index (χ0v) is 14.7. The van der Waals surface area contributed by atoms with Crippen LogP contribution in [0, 0.1) is 0 Å². The maximum atomic E-state index is 5.42. The molecule has 134 valence electrons. The van der Waals surface area contributed by atoms with Crippen LogP contribution in [0.25, 0.3) is 0 Å². The van der Waals surface area contributed by atoms with E-state index in [0.29, 0.717) is 5.92 Å². The quantitative estimate of drug-likeness (QED) is 0.814. The highest BCUT2D eigenvalue weighted by Crippen LogP contribution is 2.28. The smallest absolute Gasteiger partial charge is 0.225 e. The fourth-order valence-electron chi connectivity index (χ4n) is 3.62. The van der Waals surface area contributed by atoms with Crippen LogP contribution >= 0.6 is 0 Å². The maximum Gasteiger partial charge on any atom is 0.225 e. The Morgan fingerprint density at radius 3 is 2.48 bits per heavy atom. The van der Waals surface area contributed by atoms with Gasteiger partial charge < -0.3 is 14.2 Å². The number of piperidine rings is 1. The van der Waals surface area contributed by atoms with Gasteiger partial charge in [0.15, 0.2) is 0 Å². The number of hydrogen-bond acceptors (Lipinski definition) is 7. The molecule has 2 aromatic rings. The van der Waals surface area contributed by atoms with Crippen LogP contribution in [-0.2, 0) is 18.3 Å². The maximum absolute atomic E-state index is 5.42. The van der Waals surface area contributed by atoms with E-state index in [1.807, 2.05) is 6.07 Å². The van der Waals surface area contributed by atoms with Crippen molar-refractivity contribution in [3.8, 4) is 0 Å².